The molecule has 3 nitrogen and oxygen atoms in total. The molecular weight excluding hydrogens is 200 g/mol. The van der Waals surface area contributed by atoms with E-state index in [1.807, 2.05) is 6.20 Å². The van der Waals surface area contributed by atoms with Crippen molar-refractivity contribution in [3.8, 4) is 0 Å². The molecule has 0 amide bonds. The van der Waals surface area contributed by atoms with Crippen molar-refractivity contribution in [1.29, 1.82) is 0 Å². The standard InChI is InChI=1S/C13H20N2O/c1-2-7-14-11(6-1)8-13-15-9-12(16-13)10-4-3-5-10/h9-11,14H,1-8H2. The van der Waals surface area contributed by atoms with Gasteiger partial charge in [-0.05, 0) is 32.2 Å². The average Bonchev–Trinajstić information content (AvgIpc) is 2.65. The third-order valence-corrected chi connectivity index (χ3v) is 3.91. The molecule has 1 atom stereocenters. The molecule has 16 heavy (non-hydrogen) atoms. The predicted octanol–water partition coefficient (Wildman–Crippen LogP) is 2.63. The highest BCUT2D eigenvalue weighted by Gasteiger charge is 2.24. The maximum Gasteiger partial charge on any atom is 0.195 e. The van der Waals surface area contributed by atoms with Crippen molar-refractivity contribution < 1.29 is 4.42 Å². The van der Waals surface area contributed by atoms with Crippen molar-refractivity contribution >= 4 is 0 Å². The number of nitrogens with zero attached hydrogens (tertiary/aromatic N) is 1. The summed E-state index contributed by atoms with van der Waals surface area (Å²) in [6, 6.07) is 0.585. The second kappa shape index (κ2) is 4.58. The van der Waals surface area contributed by atoms with E-state index in [0.717, 1.165) is 24.6 Å². The van der Waals surface area contributed by atoms with Crippen molar-refractivity contribution in [2.45, 2.75) is 56.9 Å². The molecule has 1 saturated heterocycles. The van der Waals surface area contributed by atoms with Gasteiger partial charge in [0.15, 0.2) is 5.89 Å². The minimum absolute atomic E-state index is 0.585. The van der Waals surface area contributed by atoms with E-state index in [-0.39, 0.29) is 0 Å². The summed E-state index contributed by atoms with van der Waals surface area (Å²) in [5, 5.41) is 3.53. The number of hydrogen-bond donors (Lipinski definition) is 1. The first kappa shape index (κ1) is 10.3. The van der Waals surface area contributed by atoms with Crippen LogP contribution in [0, 0.1) is 0 Å². The number of piperidine rings is 1. The van der Waals surface area contributed by atoms with Gasteiger partial charge in [0.25, 0.3) is 0 Å². The summed E-state index contributed by atoms with van der Waals surface area (Å²) in [4.78, 5) is 4.41. The van der Waals surface area contributed by atoms with Gasteiger partial charge >= 0.3 is 0 Å². The lowest BCUT2D eigenvalue weighted by Crippen LogP contribution is -2.35. The average molecular weight is 220 g/mol. The van der Waals surface area contributed by atoms with Crippen molar-refractivity contribution in [3.05, 3.63) is 17.8 Å². The quantitative estimate of drug-likeness (QED) is 0.851. The molecule has 1 unspecified atom stereocenters. The zero-order valence-electron chi connectivity index (χ0n) is 9.74. The van der Waals surface area contributed by atoms with Crippen molar-refractivity contribution in [3.63, 3.8) is 0 Å². The van der Waals surface area contributed by atoms with Gasteiger partial charge in [-0.15, -0.1) is 0 Å². The minimum atomic E-state index is 0.585. The molecule has 3 rings (SSSR count). The maximum atomic E-state index is 5.84. The zero-order valence-corrected chi connectivity index (χ0v) is 9.74. The summed E-state index contributed by atoms with van der Waals surface area (Å²) in [5.74, 6) is 2.72. The van der Waals surface area contributed by atoms with E-state index in [2.05, 4.69) is 10.3 Å². The Balaban J connectivity index is 1.58. The highest BCUT2D eigenvalue weighted by atomic mass is 16.4. The fourth-order valence-corrected chi connectivity index (χ4v) is 2.61. The summed E-state index contributed by atoms with van der Waals surface area (Å²) < 4.78 is 5.84. The summed E-state index contributed by atoms with van der Waals surface area (Å²) in [5.41, 5.74) is 0. The lowest BCUT2D eigenvalue weighted by Gasteiger charge is -2.23. The van der Waals surface area contributed by atoms with E-state index in [1.54, 1.807) is 0 Å². The topological polar surface area (TPSA) is 38.1 Å². The molecule has 1 aromatic rings. The highest BCUT2D eigenvalue weighted by molar-refractivity contribution is 5.05. The number of nitrogens with one attached hydrogen (secondary N) is 1. The Kier molecular flexibility index (Phi) is 2.96. The number of aromatic nitrogens is 1. The molecule has 1 aliphatic heterocycles. The van der Waals surface area contributed by atoms with Gasteiger partial charge < -0.3 is 9.73 Å². The van der Waals surface area contributed by atoms with Crippen molar-refractivity contribution in [1.82, 2.24) is 10.3 Å². The van der Waals surface area contributed by atoms with Crippen LogP contribution in [0.15, 0.2) is 10.6 Å². The fraction of sp³-hybridized carbons (Fsp3) is 0.769. The largest absolute Gasteiger partial charge is 0.445 e. The van der Waals surface area contributed by atoms with Gasteiger partial charge in [-0.25, -0.2) is 4.98 Å². The molecule has 1 aliphatic carbocycles. The fourth-order valence-electron chi connectivity index (χ4n) is 2.61. The van der Waals surface area contributed by atoms with Gasteiger partial charge in [0.1, 0.15) is 5.76 Å². The van der Waals surface area contributed by atoms with E-state index in [1.165, 1.54) is 38.5 Å². The third-order valence-electron chi connectivity index (χ3n) is 3.91. The zero-order chi connectivity index (χ0) is 10.8. The van der Waals surface area contributed by atoms with Gasteiger partial charge in [-0.2, -0.15) is 0 Å². The first-order valence-corrected chi connectivity index (χ1v) is 6.60. The van der Waals surface area contributed by atoms with Crippen LogP contribution in [-0.4, -0.2) is 17.6 Å². The Morgan fingerprint density at radius 1 is 1.25 bits per heavy atom. The van der Waals surface area contributed by atoms with Crippen LogP contribution in [0.25, 0.3) is 0 Å². The van der Waals surface area contributed by atoms with E-state index in [4.69, 9.17) is 4.42 Å². The van der Waals surface area contributed by atoms with Crippen LogP contribution in [0.3, 0.4) is 0 Å². The van der Waals surface area contributed by atoms with Gasteiger partial charge in [0, 0.05) is 18.4 Å². The molecule has 1 saturated carbocycles. The maximum absolute atomic E-state index is 5.84. The van der Waals surface area contributed by atoms with Crippen LogP contribution in [0.5, 0.6) is 0 Å². The predicted molar refractivity (Wildman–Crippen MR) is 62.4 cm³/mol. The summed E-state index contributed by atoms with van der Waals surface area (Å²) in [6.45, 7) is 1.15. The summed E-state index contributed by atoms with van der Waals surface area (Å²) in [6.07, 6.45) is 10.8. The van der Waals surface area contributed by atoms with Gasteiger partial charge in [-0.1, -0.05) is 12.8 Å². The molecule has 3 heteroatoms. The lowest BCUT2D eigenvalue weighted by atomic mass is 9.84. The first-order chi connectivity index (χ1) is 7.92. The van der Waals surface area contributed by atoms with Crippen LogP contribution in [0.4, 0.5) is 0 Å². The lowest BCUT2D eigenvalue weighted by molar-refractivity contribution is 0.318. The number of rotatable bonds is 3. The molecule has 2 fully saturated rings. The second-order valence-corrected chi connectivity index (χ2v) is 5.14. The van der Waals surface area contributed by atoms with Crippen molar-refractivity contribution in [2.75, 3.05) is 6.54 Å². The molecule has 0 radical (unpaired) electrons. The summed E-state index contributed by atoms with van der Waals surface area (Å²) in [7, 11) is 0. The Labute approximate surface area is 96.6 Å². The van der Waals surface area contributed by atoms with E-state index in [9.17, 15) is 0 Å². The number of oxazole rings is 1. The van der Waals surface area contributed by atoms with Gasteiger partial charge in [0.05, 0.1) is 6.20 Å². The molecular formula is C13H20N2O. The van der Waals surface area contributed by atoms with Crippen LogP contribution in [-0.2, 0) is 6.42 Å². The first-order valence-electron chi connectivity index (χ1n) is 6.60. The summed E-state index contributed by atoms with van der Waals surface area (Å²) >= 11 is 0. The number of hydrogen-bond acceptors (Lipinski definition) is 3. The van der Waals surface area contributed by atoms with Crippen molar-refractivity contribution in [2.24, 2.45) is 0 Å². The van der Waals surface area contributed by atoms with Gasteiger partial charge in [-0.3, -0.25) is 0 Å². The SMILES string of the molecule is c1nc(CC2CCCCN2)oc1C1CCC1. The molecule has 0 spiro atoms. The molecule has 2 aliphatic rings. The Morgan fingerprint density at radius 3 is 2.88 bits per heavy atom. The van der Waals surface area contributed by atoms with E-state index >= 15 is 0 Å². The molecule has 0 aromatic carbocycles. The molecule has 1 aromatic heterocycles. The minimum Gasteiger partial charge on any atom is -0.445 e. The smallest absolute Gasteiger partial charge is 0.195 e. The van der Waals surface area contributed by atoms with Crippen LogP contribution in [0.1, 0.15) is 56.1 Å². The molecule has 88 valence electrons. The monoisotopic (exact) mass is 220 g/mol. The Morgan fingerprint density at radius 2 is 2.19 bits per heavy atom. The Hall–Kier alpha value is -0.830. The normalized spacial score (nSPS) is 26.6. The van der Waals surface area contributed by atoms with Crippen LogP contribution in [0.2, 0.25) is 0 Å². The second-order valence-electron chi connectivity index (χ2n) is 5.14. The highest BCUT2D eigenvalue weighted by Crippen LogP contribution is 2.36. The van der Waals surface area contributed by atoms with Gasteiger partial charge in [0.2, 0.25) is 0 Å². The molecule has 2 heterocycles. The van der Waals surface area contributed by atoms with Crippen LogP contribution < -0.4 is 5.32 Å². The molecule has 0 bridgehead atoms. The van der Waals surface area contributed by atoms with Crippen LogP contribution >= 0.6 is 0 Å². The molecule has 1 N–H and O–H groups in total. The third kappa shape index (κ3) is 2.14. The Bertz CT molecular complexity index is 337. The van der Waals surface area contributed by atoms with E-state index < -0.39 is 0 Å². The van der Waals surface area contributed by atoms with E-state index in [0.29, 0.717) is 12.0 Å².